The molecule has 1 aromatic heterocycles. The van der Waals surface area contributed by atoms with Gasteiger partial charge in [0.05, 0.1) is 23.5 Å². The molecule has 0 bridgehead atoms. The molecule has 0 spiro atoms. The minimum Gasteiger partial charge on any atom is -0.385 e. The van der Waals surface area contributed by atoms with Crippen LogP contribution in [-0.4, -0.2) is 53.1 Å². The van der Waals surface area contributed by atoms with E-state index in [2.05, 4.69) is 10.3 Å². The van der Waals surface area contributed by atoms with E-state index in [0.717, 1.165) is 17.8 Å². The van der Waals surface area contributed by atoms with E-state index in [1.165, 1.54) is 0 Å². The molecule has 22 heavy (non-hydrogen) atoms. The number of carbonyl (C=O) groups is 1. The van der Waals surface area contributed by atoms with E-state index in [9.17, 15) is 4.79 Å². The second kappa shape index (κ2) is 7.70. The van der Waals surface area contributed by atoms with Gasteiger partial charge in [-0.3, -0.25) is 4.79 Å². The topological polar surface area (TPSA) is 60.2 Å². The second-order valence-electron chi connectivity index (χ2n) is 5.21. The van der Waals surface area contributed by atoms with Crippen molar-refractivity contribution in [2.75, 3.05) is 27.3 Å². The predicted octanol–water partition coefficient (Wildman–Crippen LogP) is 1.61. The summed E-state index contributed by atoms with van der Waals surface area (Å²) in [6, 6.07) is 9.78. The molecule has 118 valence electrons. The molecule has 0 radical (unpaired) electrons. The Bertz CT molecular complexity index is 610. The zero-order valence-corrected chi connectivity index (χ0v) is 13.3. The van der Waals surface area contributed by atoms with Gasteiger partial charge in [-0.2, -0.15) is 0 Å². The first-order valence-corrected chi connectivity index (χ1v) is 7.33. The number of hydrogen-bond acceptors (Lipinski definition) is 4. The van der Waals surface area contributed by atoms with E-state index in [0.29, 0.717) is 18.8 Å². The summed E-state index contributed by atoms with van der Waals surface area (Å²) in [5.74, 6) is 0.0410. The van der Waals surface area contributed by atoms with Crippen molar-refractivity contribution in [2.24, 2.45) is 0 Å². The van der Waals surface area contributed by atoms with Crippen LogP contribution >= 0.6 is 0 Å². The quantitative estimate of drug-likeness (QED) is 0.729. The van der Waals surface area contributed by atoms with Crippen LogP contribution in [0.25, 0.3) is 5.69 Å². The molecular weight excluding hydrogens is 280 g/mol. The maximum Gasteiger partial charge on any atom is 0.228 e. The predicted molar refractivity (Wildman–Crippen MR) is 83.9 cm³/mol. The molecule has 2 rings (SSSR count). The van der Waals surface area contributed by atoms with Crippen molar-refractivity contribution in [3.8, 4) is 5.69 Å². The number of amides is 1. The summed E-state index contributed by atoms with van der Waals surface area (Å²) < 4.78 is 6.76. The van der Waals surface area contributed by atoms with Gasteiger partial charge in [-0.1, -0.05) is 23.4 Å². The summed E-state index contributed by atoms with van der Waals surface area (Å²) in [4.78, 5) is 13.9. The first kappa shape index (κ1) is 16.2. The normalized spacial score (nSPS) is 10.7. The fourth-order valence-corrected chi connectivity index (χ4v) is 2.19. The van der Waals surface area contributed by atoms with Crippen molar-refractivity contribution in [1.82, 2.24) is 19.9 Å². The number of para-hydroxylation sites is 1. The number of ether oxygens (including phenoxy) is 1. The average molecular weight is 302 g/mol. The number of nitrogens with zero attached hydrogens (tertiary/aromatic N) is 4. The van der Waals surface area contributed by atoms with Gasteiger partial charge in [-0.15, -0.1) is 5.10 Å². The van der Waals surface area contributed by atoms with Gasteiger partial charge in [0.25, 0.3) is 0 Å². The lowest BCUT2D eigenvalue weighted by Crippen LogP contribution is -2.30. The van der Waals surface area contributed by atoms with E-state index < -0.39 is 0 Å². The average Bonchev–Trinajstić information content (AvgIpc) is 2.89. The van der Waals surface area contributed by atoms with Crippen molar-refractivity contribution in [3.63, 3.8) is 0 Å². The summed E-state index contributed by atoms with van der Waals surface area (Å²) in [5, 5.41) is 8.30. The molecule has 0 N–H and O–H groups in total. The van der Waals surface area contributed by atoms with Crippen LogP contribution < -0.4 is 0 Å². The summed E-state index contributed by atoms with van der Waals surface area (Å²) in [6.07, 6.45) is 1.09. The van der Waals surface area contributed by atoms with Gasteiger partial charge in [0, 0.05) is 27.3 Å². The van der Waals surface area contributed by atoms with Crippen molar-refractivity contribution >= 4 is 5.91 Å². The lowest BCUT2D eigenvalue weighted by atomic mass is 10.2. The van der Waals surface area contributed by atoms with E-state index in [1.807, 2.05) is 37.3 Å². The van der Waals surface area contributed by atoms with Gasteiger partial charge < -0.3 is 9.64 Å². The van der Waals surface area contributed by atoms with Gasteiger partial charge in [-0.25, -0.2) is 4.68 Å². The van der Waals surface area contributed by atoms with E-state index in [-0.39, 0.29) is 12.3 Å². The highest BCUT2D eigenvalue weighted by Gasteiger charge is 2.16. The van der Waals surface area contributed by atoms with Crippen molar-refractivity contribution in [1.29, 1.82) is 0 Å². The largest absolute Gasteiger partial charge is 0.385 e. The molecular formula is C16H22N4O2. The second-order valence-corrected chi connectivity index (χ2v) is 5.21. The van der Waals surface area contributed by atoms with E-state index in [4.69, 9.17) is 4.74 Å². The summed E-state index contributed by atoms with van der Waals surface area (Å²) >= 11 is 0. The molecule has 6 heteroatoms. The Morgan fingerprint density at radius 3 is 2.73 bits per heavy atom. The highest BCUT2D eigenvalue weighted by Crippen LogP contribution is 2.12. The highest BCUT2D eigenvalue weighted by molar-refractivity contribution is 5.78. The van der Waals surface area contributed by atoms with Gasteiger partial charge in [-0.05, 0) is 25.5 Å². The standard InChI is InChI=1S/C16H22N4O2/c1-13-15(12-16(21)19(2)10-7-11-22-3)17-18-20(13)14-8-5-4-6-9-14/h4-6,8-9H,7,10-12H2,1-3H3. The van der Waals surface area contributed by atoms with Gasteiger partial charge in [0.2, 0.25) is 5.91 Å². The van der Waals surface area contributed by atoms with Crippen LogP contribution in [0.4, 0.5) is 0 Å². The molecule has 1 aromatic carbocycles. The molecule has 1 amide bonds. The molecule has 6 nitrogen and oxygen atoms in total. The van der Waals surface area contributed by atoms with Crippen molar-refractivity contribution in [2.45, 2.75) is 19.8 Å². The monoisotopic (exact) mass is 302 g/mol. The zero-order chi connectivity index (χ0) is 15.9. The van der Waals surface area contributed by atoms with Crippen molar-refractivity contribution < 1.29 is 9.53 Å². The van der Waals surface area contributed by atoms with Crippen LogP contribution in [0.15, 0.2) is 30.3 Å². The molecule has 0 unspecified atom stereocenters. The van der Waals surface area contributed by atoms with Crippen LogP contribution in [0.5, 0.6) is 0 Å². The number of rotatable bonds is 7. The molecule has 1 heterocycles. The van der Waals surface area contributed by atoms with Crippen LogP contribution in [0.2, 0.25) is 0 Å². The minimum atomic E-state index is 0.0410. The smallest absolute Gasteiger partial charge is 0.228 e. The first-order chi connectivity index (χ1) is 10.6. The Morgan fingerprint density at radius 2 is 2.05 bits per heavy atom. The van der Waals surface area contributed by atoms with Crippen LogP contribution in [0.1, 0.15) is 17.8 Å². The Labute approximate surface area is 130 Å². The maximum atomic E-state index is 12.2. The molecule has 0 aliphatic heterocycles. The lowest BCUT2D eigenvalue weighted by Gasteiger charge is -2.16. The molecule has 2 aromatic rings. The van der Waals surface area contributed by atoms with Crippen molar-refractivity contribution in [3.05, 3.63) is 41.7 Å². The Balaban J connectivity index is 2.02. The van der Waals surface area contributed by atoms with Crippen LogP contribution in [-0.2, 0) is 16.0 Å². The number of likely N-dealkylation sites (N-methyl/N-ethyl adjacent to an activating group) is 1. The van der Waals surface area contributed by atoms with Gasteiger partial charge in [0.1, 0.15) is 0 Å². The highest BCUT2D eigenvalue weighted by atomic mass is 16.5. The molecule has 0 fully saturated rings. The fraction of sp³-hybridized carbons (Fsp3) is 0.438. The van der Waals surface area contributed by atoms with E-state index in [1.54, 1.807) is 23.7 Å². The SMILES string of the molecule is COCCCN(C)C(=O)Cc1nnn(-c2ccccc2)c1C. The summed E-state index contributed by atoms with van der Waals surface area (Å²) in [5.41, 5.74) is 2.55. The number of methoxy groups -OCH3 is 1. The van der Waals surface area contributed by atoms with Gasteiger partial charge in [0.15, 0.2) is 0 Å². The fourth-order valence-electron chi connectivity index (χ4n) is 2.19. The molecule has 0 saturated heterocycles. The van der Waals surface area contributed by atoms with E-state index >= 15 is 0 Å². The molecule has 0 atom stereocenters. The van der Waals surface area contributed by atoms with Gasteiger partial charge >= 0.3 is 0 Å². The molecule has 0 aliphatic carbocycles. The minimum absolute atomic E-state index is 0.0410. The number of hydrogen-bond donors (Lipinski definition) is 0. The number of benzene rings is 1. The summed E-state index contributed by atoms with van der Waals surface area (Å²) in [6.45, 7) is 3.26. The lowest BCUT2D eigenvalue weighted by molar-refractivity contribution is -0.129. The number of aromatic nitrogens is 3. The van der Waals surface area contributed by atoms with Crippen LogP contribution in [0, 0.1) is 6.92 Å². The number of carbonyl (C=O) groups excluding carboxylic acids is 1. The third-order valence-corrected chi connectivity index (χ3v) is 3.58. The van der Waals surface area contributed by atoms with Crippen LogP contribution in [0.3, 0.4) is 0 Å². The molecule has 0 saturated carbocycles. The summed E-state index contributed by atoms with van der Waals surface area (Å²) in [7, 11) is 3.46. The Morgan fingerprint density at radius 1 is 1.32 bits per heavy atom. The molecule has 0 aliphatic rings. The Hall–Kier alpha value is -2.21. The zero-order valence-electron chi connectivity index (χ0n) is 13.3. The third-order valence-electron chi connectivity index (χ3n) is 3.58. The maximum absolute atomic E-state index is 12.2. The Kier molecular flexibility index (Phi) is 5.66. The first-order valence-electron chi connectivity index (χ1n) is 7.33. The third kappa shape index (κ3) is 3.92.